The van der Waals surface area contributed by atoms with Crippen molar-refractivity contribution in [3.63, 3.8) is 0 Å². The molecule has 10 aromatic rings. The Morgan fingerprint density at radius 2 is 0.780 bits per heavy atom. The van der Waals surface area contributed by atoms with Crippen LogP contribution in [0.3, 0.4) is 0 Å². The van der Waals surface area contributed by atoms with E-state index in [0.29, 0.717) is 0 Å². The number of anilines is 6. The smallest absolute Gasteiger partial charge is 0.135 e. The van der Waals surface area contributed by atoms with E-state index in [1.807, 2.05) is 23.9 Å². The van der Waals surface area contributed by atoms with Crippen molar-refractivity contribution >= 4 is 67.8 Å². The lowest BCUT2D eigenvalue weighted by Gasteiger charge is -2.40. The maximum Gasteiger partial charge on any atom is 0.135 e. The quantitative estimate of drug-likeness (QED) is 0.168. The maximum absolute atomic E-state index is 6.32. The number of hydrogen-bond donors (Lipinski definition) is 0. The molecule has 0 atom stereocenters. The second-order valence-corrected chi connectivity index (χ2v) is 16.3. The number of para-hydroxylation sites is 3. The monoisotopic (exact) mass is 772 g/mol. The van der Waals surface area contributed by atoms with E-state index in [4.69, 9.17) is 4.42 Å². The first-order valence-corrected chi connectivity index (χ1v) is 20.9. The van der Waals surface area contributed by atoms with Gasteiger partial charge in [0, 0.05) is 54.7 Å². The molecule has 278 valence electrons. The van der Waals surface area contributed by atoms with Gasteiger partial charge in [-0.2, -0.15) is 0 Å². The van der Waals surface area contributed by atoms with Gasteiger partial charge in [-0.1, -0.05) is 139 Å². The molecule has 9 aromatic carbocycles. The average Bonchev–Trinajstić information content (AvgIpc) is 3.82. The topological polar surface area (TPSA) is 19.6 Å². The minimum absolute atomic E-state index is 0.428. The van der Waals surface area contributed by atoms with Gasteiger partial charge in [-0.3, -0.25) is 0 Å². The fraction of sp³-hybridized carbons (Fsp3) is 0.0182. The molecule has 59 heavy (non-hydrogen) atoms. The summed E-state index contributed by atoms with van der Waals surface area (Å²) in [6.45, 7) is 0. The normalized spacial score (nSPS) is 13.2. The molecule has 0 fully saturated rings. The van der Waals surface area contributed by atoms with Crippen LogP contribution in [0.25, 0.3) is 33.1 Å². The van der Waals surface area contributed by atoms with Crippen LogP contribution in [-0.4, -0.2) is 0 Å². The van der Waals surface area contributed by atoms with Crippen molar-refractivity contribution in [2.45, 2.75) is 15.2 Å². The lowest BCUT2D eigenvalue weighted by molar-refractivity contribution is 0.669. The third-order valence-electron chi connectivity index (χ3n) is 12.1. The molecular weight excluding hydrogens is 737 g/mol. The third-order valence-corrected chi connectivity index (χ3v) is 13.2. The van der Waals surface area contributed by atoms with Crippen molar-refractivity contribution in [3.8, 4) is 11.1 Å². The van der Waals surface area contributed by atoms with E-state index < -0.39 is 5.41 Å². The lowest BCUT2D eigenvalue weighted by Crippen LogP contribution is -2.32. The van der Waals surface area contributed by atoms with Crippen molar-refractivity contribution in [2.75, 3.05) is 9.80 Å². The Hall–Kier alpha value is -7.27. The highest BCUT2D eigenvalue weighted by Gasteiger charge is 2.50. The Bertz CT molecular complexity index is 3120. The lowest BCUT2D eigenvalue weighted by atomic mass is 9.67. The second-order valence-electron chi connectivity index (χ2n) is 15.3. The van der Waals surface area contributed by atoms with Gasteiger partial charge in [0.1, 0.15) is 11.2 Å². The Morgan fingerprint density at radius 3 is 1.46 bits per heavy atom. The van der Waals surface area contributed by atoms with Crippen LogP contribution in [0.2, 0.25) is 0 Å². The Morgan fingerprint density at radius 1 is 0.322 bits per heavy atom. The average molecular weight is 773 g/mol. The van der Waals surface area contributed by atoms with Crippen molar-refractivity contribution in [1.29, 1.82) is 0 Å². The summed E-state index contributed by atoms with van der Waals surface area (Å²) >= 11 is 1.87. The van der Waals surface area contributed by atoms with E-state index in [9.17, 15) is 0 Å². The molecular formula is C55H36N2OS. The van der Waals surface area contributed by atoms with E-state index in [1.54, 1.807) is 0 Å². The largest absolute Gasteiger partial charge is 0.456 e. The van der Waals surface area contributed by atoms with E-state index in [1.165, 1.54) is 43.2 Å². The van der Waals surface area contributed by atoms with Crippen molar-refractivity contribution in [2.24, 2.45) is 0 Å². The summed E-state index contributed by atoms with van der Waals surface area (Å²) in [5.41, 5.74) is 15.8. The first-order valence-electron chi connectivity index (χ1n) is 20.1. The number of hydrogen-bond acceptors (Lipinski definition) is 4. The zero-order valence-electron chi connectivity index (χ0n) is 32.0. The molecule has 0 bridgehead atoms. The summed E-state index contributed by atoms with van der Waals surface area (Å²) in [5.74, 6) is 0. The van der Waals surface area contributed by atoms with Gasteiger partial charge in [-0.25, -0.2) is 0 Å². The fourth-order valence-electron chi connectivity index (χ4n) is 9.64. The number of rotatable bonds is 6. The van der Waals surface area contributed by atoms with E-state index in [-0.39, 0.29) is 0 Å². The Labute approximate surface area is 347 Å². The molecule has 0 amide bonds. The van der Waals surface area contributed by atoms with Crippen LogP contribution in [0, 0.1) is 0 Å². The molecule has 0 unspecified atom stereocenters. The minimum Gasteiger partial charge on any atom is -0.456 e. The molecule has 1 aromatic heterocycles. The molecule has 1 aliphatic heterocycles. The molecule has 0 N–H and O–H groups in total. The summed E-state index contributed by atoms with van der Waals surface area (Å²) in [7, 11) is 0. The summed E-state index contributed by atoms with van der Waals surface area (Å²) in [6.07, 6.45) is 0. The molecule has 12 rings (SSSR count). The molecule has 3 nitrogen and oxygen atoms in total. The third kappa shape index (κ3) is 5.16. The van der Waals surface area contributed by atoms with E-state index in [2.05, 4.69) is 216 Å². The highest BCUT2D eigenvalue weighted by atomic mass is 32.2. The van der Waals surface area contributed by atoms with Crippen molar-refractivity contribution in [1.82, 2.24) is 0 Å². The highest BCUT2D eigenvalue weighted by molar-refractivity contribution is 7.99. The van der Waals surface area contributed by atoms with Crippen molar-refractivity contribution < 1.29 is 4.42 Å². The van der Waals surface area contributed by atoms with Crippen molar-refractivity contribution in [3.05, 3.63) is 241 Å². The van der Waals surface area contributed by atoms with E-state index >= 15 is 0 Å². The standard InChI is InChI=1S/C55H36N2OS/c1-3-15-37(16-4-1)56(38-17-5-2-6-18-38)39-27-29-40(30-28-39)57(41-32-34-52-46(35-41)45-21-9-13-25-51(45)58-52)42-31-33-50-54(36-42)59-53-26-14-12-24-49(53)55(50)47-22-10-7-19-43(47)44-20-8-11-23-48(44)55/h1-36H. The van der Waals surface area contributed by atoms with Gasteiger partial charge in [-0.15, -0.1) is 0 Å². The number of fused-ring (bicyclic) bond motifs is 12. The number of nitrogens with zero attached hydrogens (tertiary/aromatic N) is 2. The highest BCUT2D eigenvalue weighted by Crippen LogP contribution is 2.62. The first kappa shape index (κ1) is 33.8. The molecule has 4 heteroatoms. The van der Waals surface area contributed by atoms with Crippen LogP contribution in [0.15, 0.2) is 233 Å². The van der Waals surface area contributed by atoms with Crippen LogP contribution in [0.4, 0.5) is 34.1 Å². The van der Waals surface area contributed by atoms with Gasteiger partial charge >= 0.3 is 0 Å². The Balaban J connectivity index is 1.05. The minimum atomic E-state index is -0.428. The SMILES string of the molecule is c1ccc(N(c2ccccc2)c2ccc(N(c3ccc4c(c3)Sc3ccccc3C43c4ccccc4-c4ccccc43)c3ccc4oc5ccccc5c4c3)cc2)cc1. The van der Waals surface area contributed by atoms with Gasteiger partial charge in [0.15, 0.2) is 0 Å². The van der Waals surface area contributed by atoms with Crippen LogP contribution >= 0.6 is 11.8 Å². The number of benzene rings is 9. The zero-order chi connectivity index (χ0) is 38.9. The zero-order valence-corrected chi connectivity index (χ0v) is 32.8. The van der Waals surface area contributed by atoms with Gasteiger partial charge in [0.05, 0.1) is 5.41 Å². The summed E-state index contributed by atoms with van der Waals surface area (Å²) < 4.78 is 6.32. The summed E-state index contributed by atoms with van der Waals surface area (Å²) in [6, 6.07) is 79.1. The summed E-state index contributed by atoms with van der Waals surface area (Å²) in [4.78, 5) is 7.24. The Kier molecular flexibility index (Phi) is 7.69. The van der Waals surface area contributed by atoms with Crippen LogP contribution in [0.1, 0.15) is 22.3 Å². The van der Waals surface area contributed by atoms with Crippen LogP contribution in [-0.2, 0) is 5.41 Å². The predicted octanol–water partition coefficient (Wildman–Crippen LogP) is 15.4. The van der Waals surface area contributed by atoms with Gasteiger partial charge in [0.2, 0.25) is 0 Å². The molecule has 0 saturated heterocycles. The number of furan rings is 1. The second kappa shape index (κ2) is 13.4. The van der Waals surface area contributed by atoms with E-state index in [0.717, 1.165) is 56.1 Å². The molecule has 0 radical (unpaired) electrons. The molecule has 1 spiro atoms. The molecule has 2 heterocycles. The first-order chi connectivity index (χ1) is 29.3. The van der Waals surface area contributed by atoms with Crippen LogP contribution < -0.4 is 9.80 Å². The van der Waals surface area contributed by atoms with Crippen LogP contribution in [0.5, 0.6) is 0 Å². The maximum atomic E-state index is 6.32. The fourth-order valence-corrected chi connectivity index (χ4v) is 10.9. The van der Waals surface area contributed by atoms with Gasteiger partial charge in [-0.05, 0) is 124 Å². The van der Waals surface area contributed by atoms with Gasteiger partial charge < -0.3 is 14.2 Å². The van der Waals surface area contributed by atoms with Gasteiger partial charge in [0.25, 0.3) is 0 Å². The molecule has 0 saturated carbocycles. The molecule has 2 aliphatic rings. The molecule has 1 aliphatic carbocycles. The predicted molar refractivity (Wildman–Crippen MR) is 245 cm³/mol. The summed E-state index contributed by atoms with van der Waals surface area (Å²) in [5, 5.41) is 2.21.